The number of carbonyl (C=O) groups is 2. The van der Waals surface area contributed by atoms with Crippen LogP contribution in [0.2, 0.25) is 0 Å². The molecule has 0 spiro atoms. The number of nitriles is 1. The van der Waals surface area contributed by atoms with E-state index in [0.29, 0.717) is 17.8 Å². The maximum absolute atomic E-state index is 12.2. The summed E-state index contributed by atoms with van der Waals surface area (Å²) in [6, 6.07) is 8.50. The molecule has 0 aliphatic heterocycles. The predicted molar refractivity (Wildman–Crippen MR) is 76.8 cm³/mol. The third-order valence-electron chi connectivity index (χ3n) is 2.79. The first-order valence-electron chi connectivity index (χ1n) is 6.12. The van der Waals surface area contributed by atoms with Gasteiger partial charge in [0.15, 0.2) is 0 Å². The molecule has 0 aromatic heterocycles. The number of hydrogen-bond donors (Lipinski definition) is 2. The Kier molecular flexibility index (Phi) is 5.04. The fraction of sp³-hybridized carbons (Fsp3) is 0.267. The summed E-state index contributed by atoms with van der Waals surface area (Å²) in [5, 5.41) is 14.0. The fourth-order valence-electron chi connectivity index (χ4n) is 1.44. The minimum Gasteiger partial charge on any atom is -0.352 e. The minimum atomic E-state index is -1.22. The van der Waals surface area contributed by atoms with E-state index in [2.05, 4.69) is 17.2 Å². The van der Waals surface area contributed by atoms with Crippen LogP contribution in [0.3, 0.4) is 0 Å². The van der Waals surface area contributed by atoms with Crippen molar-refractivity contribution in [3.8, 4) is 6.07 Å². The first-order chi connectivity index (χ1) is 9.41. The second kappa shape index (κ2) is 6.53. The Balaban J connectivity index is 2.81. The number of amides is 2. The molecule has 0 saturated heterocycles. The second-order valence-electron chi connectivity index (χ2n) is 4.77. The van der Waals surface area contributed by atoms with E-state index in [1.165, 1.54) is 13.8 Å². The molecule has 0 aliphatic carbocycles. The zero-order valence-electron chi connectivity index (χ0n) is 11.6. The Labute approximate surface area is 118 Å². The lowest BCUT2D eigenvalue weighted by molar-refractivity contribution is -0.138. The van der Waals surface area contributed by atoms with Crippen molar-refractivity contribution in [1.29, 1.82) is 5.26 Å². The largest absolute Gasteiger partial charge is 0.352 e. The molecule has 1 rings (SSSR count). The molecular weight excluding hydrogens is 254 g/mol. The summed E-state index contributed by atoms with van der Waals surface area (Å²) in [7, 11) is 0. The minimum absolute atomic E-state index is 0.305. The first-order valence-corrected chi connectivity index (χ1v) is 6.12. The lowest BCUT2D eigenvalue weighted by Gasteiger charge is -2.22. The summed E-state index contributed by atoms with van der Waals surface area (Å²) >= 11 is 0. The summed E-state index contributed by atoms with van der Waals surface area (Å²) in [5.74, 6) is -0.819. The van der Waals surface area contributed by atoms with Gasteiger partial charge in [0, 0.05) is 12.2 Å². The van der Waals surface area contributed by atoms with Gasteiger partial charge in [0.2, 0.25) is 11.8 Å². The second-order valence-corrected chi connectivity index (χ2v) is 4.77. The van der Waals surface area contributed by atoms with Gasteiger partial charge < -0.3 is 10.6 Å². The number of anilines is 1. The number of hydrogen-bond acceptors (Lipinski definition) is 3. The van der Waals surface area contributed by atoms with Crippen molar-refractivity contribution in [1.82, 2.24) is 5.32 Å². The molecule has 2 N–H and O–H groups in total. The van der Waals surface area contributed by atoms with E-state index >= 15 is 0 Å². The summed E-state index contributed by atoms with van der Waals surface area (Å²) in [6.45, 7) is 6.88. The smallest absolute Gasteiger partial charge is 0.239 e. The number of carbonyl (C=O) groups excluding carboxylic acids is 2. The molecule has 0 bridgehead atoms. The first kappa shape index (κ1) is 15.4. The Morgan fingerprint density at radius 1 is 1.40 bits per heavy atom. The quantitative estimate of drug-likeness (QED) is 0.633. The average molecular weight is 271 g/mol. The molecule has 104 valence electrons. The number of rotatable bonds is 5. The van der Waals surface area contributed by atoms with Gasteiger partial charge in [0.25, 0.3) is 0 Å². The van der Waals surface area contributed by atoms with E-state index < -0.39 is 11.3 Å². The van der Waals surface area contributed by atoms with Gasteiger partial charge in [0.05, 0.1) is 11.6 Å². The van der Waals surface area contributed by atoms with Gasteiger partial charge in [-0.3, -0.25) is 9.59 Å². The molecule has 0 unspecified atom stereocenters. The molecule has 0 saturated carbocycles. The molecule has 0 radical (unpaired) electrons. The molecule has 1 aromatic carbocycles. The highest BCUT2D eigenvalue weighted by Gasteiger charge is 2.35. The van der Waals surface area contributed by atoms with E-state index in [0.717, 1.165) is 0 Å². The van der Waals surface area contributed by atoms with Crippen LogP contribution < -0.4 is 10.6 Å². The summed E-state index contributed by atoms with van der Waals surface area (Å²) in [5.41, 5.74) is -0.290. The number of benzene rings is 1. The van der Waals surface area contributed by atoms with Crippen LogP contribution in [0.25, 0.3) is 0 Å². The summed E-state index contributed by atoms with van der Waals surface area (Å²) in [4.78, 5) is 24.1. The fourth-order valence-corrected chi connectivity index (χ4v) is 1.44. The zero-order chi connectivity index (χ0) is 15.2. The van der Waals surface area contributed by atoms with E-state index in [-0.39, 0.29) is 5.91 Å². The van der Waals surface area contributed by atoms with Crippen molar-refractivity contribution >= 4 is 17.5 Å². The van der Waals surface area contributed by atoms with E-state index in [1.807, 2.05) is 6.07 Å². The third-order valence-corrected chi connectivity index (χ3v) is 2.79. The van der Waals surface area contributed by atoms with Gasteiger partial charge in [-0.1, -0.05) is 12.1 Å². The maximum atomic E-state index is 12.2. The monoisotopic (exact) mass is 271 g/mol. The van der Waals surface area contributed by atoms with Gasteiger partial charge in [-0.15, -0.1) is 6.58 Å². The normalized spacial score (nSPS) is 10.2. The van der Waals surface area contributed by atoms with Crippen molar-refractivity contribution in [2.45, 2.75) is 13.8 Å². The Hall–Kier alpha value is -2.61. The highest BCUT2D eigenvalue weighted by atomic mass is 16.2. The van der Waals surface area contributed by atoms with E-state index in [1.54, 1.807) is 30.3 Å². The molecule has 0 atom stereocenters. The van der Waals surface area contributed by atoms with Gasteiger partial charge >= 0.3 is 0 Å². The lowest BCUT2D eigenvalue weighted by atomic mass is 9.91. The highest BCUT2D eigenvalue weighted by molar-refractivity contribution is 6.09. The van der Waals surface area contributed by atoms with Crippen LogP contribution in [0.4, 0.5) is 5.69 Å². The van der Waals surface area contributed by atoms with Crippen LogP contribution in [0.15, 0.2) is 36.9 Å². The van der Waals surface area contributed by atoms with Gasteiger partial charge in [-0.05, 0) is 32.0 Å². The molecule has 5 heteroatoms. The number of nitrogens with zero attached hydrogens (tertiary/aromatic N) is 1. The van der Waals surface area contributed by atoms with Crippen molar-refractivity contribution in [3.05, 3.63) is 42.5 Å². The van der Waals surface area contributed by atoms with E-state index in [4.69, 9.17) is 5.26 Å². The predicted octanol–water partition coefficient (Wildman–Crippen LogP) is 1.83. The molecule has 5 nitrogen and oxygen atoms in total. The van der Waals surface area contributed by atoms with E-state index in [9.17, 15) is 9.59 Å². The molecule has 2 amide bonds. The van der Waals surface area contributed by atoms with Gasteiger partial charge in [0.1, 0.15) is 5.41 Å². The topological polar surface area (TPSA) is 82.0 Å². The van der Waals surface area contributed by atoms with Gasteiger partial charge in [-0.2, -0.15) is 5.26 Å². The molecular formula is C15H17N3O2. The van der Waals surface area contributed by atoms with Crippen LogP contribution in [-0.2, 0) is 9.59 Å². The van der Waals surface area contributed by atoms with Crippen molar-refractivity contribution in [2.24, 2.45) is 5.41 Å². The number of nitrogens with one attached hydrogen (secondary N) is 2. The standard InChI is InChI=1S/C15H17N3O2/c1-4-8-17-13(19)15(2,3)14(20)18-12-7-5-6-11(9-12)10-16/h4-7,9H,1,8H2,2-3H3,(H,17,19)(H,18,20). The maximum Gasteiger partial charge on any atom is 0.239 e. The Bertz CT molecular complexity index is 571. The van der Waals surface area contributed by atoms with Gasteiger partial charge in [-0.25, -0.2) is 0 Å². The lowest BCUT2D eigenvalue weighted by Crippen LogP contribution is -2.45. The van der Waals surface area contributed by atoms with Crippen LogP contribution in [0.5, 0.6) is 0 Å². The molecule has 0 heterocycles. The summed E-state index contributed by atoms with van der Waals surface area (Å²) < 4.78 is 0. The zero-order valence-corrected chi connectivity index (χ0v) is 11.6. The van der Waals surface area contributed by atoms with Crippen LogP contribution in [0.1, 0.15) is 19.4 Å². The SMILES string of the molecule is C=CCNC(=O)C(C)(C)C(=O)Nc1cccc(C#N)c1. The highest BCUT2D eigenvalue weighted by Crippen LogP contribution is 2.19. The average Bonchev–Trinajstić information content (AvgIpc) is 2.44. The Morgan fingerprint density at radius 3 is 2.70 bits per heavy atom. The van der Waals surface area contributed by atoms with Crippen molar-refractivity contribution < 1.29 is 9.59 Å². The van der Waals surface area contributed by atoms with Crippen LogP contribution in [-0.4, -0.2) is 18.4 Å². The molecule has 0 aliphatic rings. The summed E-state index contributed by atoms with van der Waals surface area (Å²) in [6.07, 6.45) is 1.54. The molecule has 1 aromatic rings. The van der Waals surface area contributed by atoms with Crippen LogP contribution >= 0.6 is 0 Å². The third kappa shape index (κ3) is 3.69. The van der Waals surface area contributed by atoms with Crippen molar-refractivity contribution in [3.63, 3.8) is 0 Å². The molecule has 20 heavy (non-hydrogen) atoms. The van der Waals surface area contributed by atoms with Crippen molar-refractivity contribution in [2.75, 3.05) is 11.9 Å². The van der Waals surface area contributed by atoms with Crippen LogP contribution in [0, 0.1) is 16.7 Å². The Morgan fingerprint density at radius 2 is 2.10 bits per heavy atom. The molecule has 0 fully saturated rings.